The van der Waals surface area contributed by atoms with E-state index in [1.54, 1.807) is 33.0 Å². The number of methoxy groups -OCH3 is 1. The highest BCUT2D eigenvalue weighted by Gasteiger charge is 2.27. The molecule has 39 heavy (non-hydrogen) atoms. The number of benzene rings is 2. The van der Waals surface area contributed by atoms with Gasteiger partial charge in [-0.25, -0.2) is 8.42 Å². The third-order valence-electron chi connectivity index (χ3n) is 6.78. The Morgan fingerprint density at radius 1 is 1.00 bits per heavy atom. The zero-order valence-electron chi connectivity index (χ0n) is 23.5. The Hall–Kier alpha value is -3.15. The number of likely N-dealkylation sites (N-methyl/N-ethyl adjacent to an activating group) is 2. The predicted molar refractivity (Wildman–Crippen MR) is 149 cm³/mol. The number of carbonyl (C=O) groups is 2. The van der Waals surface area contributed by atoms with Crippen LogP contribution in [0.5, 0.6) is 11.5 Å². The number of amides is 2. The molecule has 1 N–H and O–H groups in total. The number of sulfonamides is 1. The van der Waals surface area contributed by atoms with Crippen molar-refractivity contribution in [3.8, 4) is 11.5 Å². The van der Waals surface area contributed by atoms with Crippen LogP contribution >= 0.6 is 0 Å². The fourth-order valence-corrected chi connectivity index (χ4v) is 6.13. The monoisotopic (exact) mass is 560 g/mol. The molecular formula is C28H40N4O6S. The Labute approximate surface area is 231 Å². The summed E-state index contributed by atoms with van der Waals surface area (Å²) in [7, 11) is 0.586. The van der Waals surface area contributed by atoms with E-state index in [-0.39, 0.29) is 17.3 Å². The minimum absolute atomic E-state index is 0.136. The lowest BCUT2D eigenvalue weighted by atomic mass is 10.1. The van der Waals surface area contributed by atoms with Gasteiger partial charge in [-0.3, -0.25) is 14.5 Å². The van der Waals surface area contributed by atoms with Crippen molar-refractivity contribution in [2.24, 2.45) is 0 Å². The number of nitrogens with zero attached hydrogens (tertiary/aromatic N) is 3. The first-order valence-electron chi connectivity index (χ1n) is 13.1. The van der Waals surface area contributed by atoms with Gasteiger partial charge in [0.25, 0.3) is 0 Å². The lowest BCUT2D eigenvalue weighted by Crippen LogP contribution is -2.43. The Kier molecular flexibility index (Phi) is 10.7. The Bertz CT molecular complexity index is 1220. The molecule has 1 heterocycles. The Balaban J connectivity index is 1.44. The van der Waals surface area contributed by atoms with Crippen molar-refractivity contribution in [3.63, 3.8) is 0 Å². The summed E-state index contributed by atoms with van der Waals surface area (Å²) in [6, 6.07) is 10.9. The number of ether oxygens (including phenoxy) is 2. The molecule has 1 fully saturated rings. The second-order valence-corrected chi connectivity index (χ2v) is 11.9. The van der Waals surface area contributed by atoms with E-state index in [4.69, 9.17) is 9.47 Å². The number of hydrogen-bond acceptors (Lipinski definition) is 7. The van der Waals surface area contributed by atoms with E-state index in [2.05, 4.69) is 10.2 Å². The number of aryl methyl sites for hydroxylation is 2. The maximum Gasteiger partial charge on any atom is 0.243 e. The van der Waals surface area contributed by atoms with E-state index in [1.165, 1.54) is 31.9 Å². The number of rotatable bonds is 13. The van der Waals surface area contributed by atoms with Crippen molar-refractivity contribution in [2.75, 3.05) is 60.5 Å². The first-order valence-corrected chi connectivity index (χ1v) is 14.5. The molecule has 0 bridgehead atoms. The first kappa shape index (κ1) is 30.4. The summed E-state index contributed by atoms with van der Waals surface area (Å²) in [6.07, 6.45) is 2.52. The lowest BCUT2D eigenvalue weighted by Gasteiger charge is -2.21. The summed E-state index contributed by atoms with van der Waals surface area (Å²) >= 11 is 0. The summed E-state index contributed by atoms with van der Waals surface area (Å²) in [6.45, 7) is 6.93. The second kappa shape index (κ2) is 13.8. The van der Waals surface area contributed by atoms with Gasteiger partial charge in [-0.15, -0.1) is 0 Å². The fraction of sp³-hybridized carbons (Fsp3) is 0.500. The van der Waals surface area contributed by atoms with Crippen LogP contribution in [0.3, 0.4) is 0 Å². The molecule has 0 atom stereocenters. The number of carbonyl (C=O) groups excluding carboxylic acids is 2. The summed E-state index contributed by atoms with van der Waals surface area (Å²) in [5, 5.41) is 2.53. The van der Waals surface area contributed by atoms with Crippen molar-refractivity contribution in [1.29, 1.82) is 0 Å². The van der Waals surface area contributed by atoms with E-state index in [0.717, 1.165) is 35.3 Å². The van der Waals surface area contributed by atoms with Crippen LogP contribution in [-0.2, 0) is 26.2 Å². The predicted octanol–water partition coefficient (Wildman–Crippen LogP) is 2.18. The highest BCUT2D eigenvalue weighted by molar-refractivity contribution is 7.89. The zero-order chi connectivity index (χ0) is 28.6. The molecule has 2 aromatic carbocycles. The molecule has 2 amide bonds. The van der Waals surface area contributed by atoms with Crippen LogP contribution in [0.2, 0.25) is 0 Å². The molecule has 1 saturated heterocycles. The van der Waals surface area contributed by atoms with Gasteiger partial charge in [0, 0.05) is 27.2 Å². The van der Waals surface area contributed by atoms with Crippen LogP contribution in [0.15, 0.2) is 41.3 Å². The molecule has 0 saturated carbocycles. The Morgan fingerprint density at radius 3 is 2.21 bits per heavy atom. The highest BCUT2D eigenvalue weighted by atomic mass is 32.2. The molecular weight excluding hydrogens is 520 g/mol. The van der Waals surface area contributed by atoms with E-state index in [1.807, 2.05) is 24.3 Å². The van der Waals surface area contributed by atoms with Crippen molar-refractivity contribution in [1.82, 2.24) is 19.4 Å². The van der Waals surface area contributed by atoms with E-state index in [9.17, 15) is 18.0 Å². The van der Waals surface area contributed by atoms with Crippen LogP contribution < -0.4 is 14.8 Å². The lowest BCUT2D eigenvalue weighted by molar-refractivity contribution is -0.132. The summed E-state index contributed by atoms with van der Waals surface area (Å²) < 4.78 is 38.2. The van der Waals surface area contributed by atoms with Gasteiger partial charge in [0.1, 0.15) is 18.1 Å². The van der Waals surface area contributed by atoms with Gasteiger partial charge in [-0.1, -0.05) is 12.1 Å². The quantitative estimate of drug-likeness (QED) is 0.400. The molecule has 0 aromatic heterocycles. The van der Waals surface area contributed by atoms with Gasteiger partial charge in [0.15, 0.2) is 0 Å². The van der Waals surface area contributed by atoms with Gasteiger partial charge in [-0.05, 0) is 80.7 Å². The molecule has 214 valence electrons. The van der Waals surface area contributed by atoms with Crippen molar-refractivity contribution < 1.29 is 27.5 Å². The van der Waals surface area contributed by atoms with Gasteiger partial charge in [0.2, 0.25) is 21.8 Å². The van der Waals surface area contributed by atoms with Crippen LogP contribution in [0.25, 0.3) is 0 Å². The van der Waals surface area contributed by atoms with Gasteiger partial charge in [-0.2, -0.15) is 4.31 Å². The maximum absolute atomic E-state index is 13.1. The van der Waals surface area contributed by atoms with Crippen molar-refractivity contribution >= 4 is 21.8 Å². The van der Waals surface area contributed by atoms with Gasteiger partial charge < -0.3 is 19.7 Å². The molecule has 11 heteroatoms. The third-order valence-corrected chi connectivity index (χ3v) is 8.89. The summed E-state index contributed by atoms with van der Waals surface area (Å²) in [5.41, 5.74) is 1.98. The Morgan fingerprint density at radius 2 is 1.62 bits per heavy atom. The van der Waals surface area contributed by atoms with Crippen LogP contribution in [0, 0.1) is 13.8 Å². The molecule has 0 unspecified atom stereocenters. The molecule has 1 aliphatic heterocycles. The minimum Gasteiger partial charge on any atom is -0.497 e. The summed E-state index contributed by atoms with van der Waals surface area (Å²) in [5.74, 6) is 0.492. The van der Waals surface area contributed by atoms with Crippen LogP contribution in [-0.4, -0.2) is 94.9 Å². The third kappa shape index (κ3) is 8.42. The maximum atomic E-state index is 13.1. The van der Waals surface area contributed by atoms with E-state index >= 15 is 0 Å². The standard InChI is InChI=1S/C28H40N4O6S/c1-21-16-25(37-5)17-22(2)28(21)39(35,36)31(4)20-26(33)29-18-27(34)30(3)19-23-8-10-24(11-9-23)38-15-14-32-12-6-7-13-32/h8-11,16-17H,6-7,12-15,18-20H2,1-5H3,(H,29,33). The molecule has 3 rings (SSSR count). The normalized spacial score (nSPS) is 13.9. The van der Waals surface area contributed by atoms with Crippen LogP contribution in [0.4, 0.5) is 0 Å². The van der Waals surface area contributed by atoms with E-state index < -0.39 is 22.5 Å². The largest absolute Gasteiger partial charge is 0.497 e. The SMILES string of the molecule is COc1cc(C)c(S(=O)(=O)N(C)CC(=O)NCC(=O)N(C)Cc2ccc(OCCN3CCCC3)cc2)c(C)c1. The van der Waals surface area contributed by atoms with Gasteiger partial charge in [0.05, 0.1) is 25.1 Å². The van der Waals surface area contributed by atoms with E-state index in [0.29, 0.717) is 30.0 Å². The number of hydrogen-bond donors (Lipinski definition) is 1. The summed E-state index contributed by atoms with van der Waals surface area (Å²) in [4.78, 5) is 29.1. The molecule has 0 radical (unpaired) electrons. The van der Waals surface area contributed by atoms with Gasteiger partial charge >= 0.3 is 0 Å². The number of nitrogens with one attached hydrogen (secondary N) is 1. The molecule has 2 aromatic rings. The van der Waals surface area contributed by atoms with Crippen molar-refractivity contribution in [3.05, 3.63) is 53.1 Å². The minimum atomic E-state index is -3.92. The fourth-order valence-electron chi connectivity index (χ4n) is 4.60. The smallest absolute Gasteiger partial charge is 0.243 e. The highest BCUT2D eigenvalue weighted by Crippen LogP contribution is 2.27. The topological polar surface area (TPSA) is 108 Å². The van der Waals surface area contributed by atoms with Crippen molar-refractivity contribution in [2.45, 2.75) is 38.1 Å². The first-order chi connectivity index (χ1) is 18.5. The average molecular weight is 561 g/mol. The zero-order valence-corrected chi connectivity index (χ0v) is 24.3. The number of likely N-dealkylation sites (tertiary alicyclic amines) is 1. The molecule has 0 spiro atoms. The average Bonchev–Trinajstić information content (AvgIpc) is 3.41. The molecule has 1 aliphatic rings. The second-order valence-electron chi connectivity index (χ2n) is 9.92. The molecule has 10 nitrogen and oxygen atoms in total. The molecule has 0 aliphatic carbocycles. The van der Waals surface area contributed by atoms with Crippen LogP contribution in [0.1, 0.15) is 29.5 Å².